The van der Waals surface area contributed by atoms with Crippen LogP contribution < -0.4 is 36.7 Å². The lowest BCUT2D eigenvalue weighted by Crippen LogP contribution is -2.58. The molecule has 8 aromatic carbocycles. The summed E-state index contributed by atoms with van der Waals surface area (Å²) in [4.78, 5) is 7.43. The maximum Gasteiger partial charge on any atom is 0.247 e. The lowest BCUT2D eigenvalue weighted by Gasteiger charge is -2.37. The highest BCUT2D eigenvalue weighted by Crippen LogP contribution is 2.50. The minimum absolute atomic E-state index is 0.00563. The van der Waals surface area contributed by atoms with Crippen molar-refractivity contribution < 1.29 is 4.74 Å². The summed E-state index contributed by atoms with van der Waals surface area (Å²) in [7, 11) is 0. The summed E-state index contributed by atoms with van der Waals surface area (Å²) >= 11 is 0. The van der Waals surface area contributed by atoms with E-state index in [1.54, 1.807) is 0 Å². The van der Waals surface area contributed by atoms with Gasteiger partial charge in [-0.1, -0.05) is 238 Å². The average Bonchev–Trinajstić information content (AvgIpc) is 0.767. The number of aryl methyl sites for hydroxylation is 3. The van der Waals surface area contributed by atoms with E-state index in [-0.39, 0.29) is 39.2 Å². The van der Waals surface area contributed by atoms with Gasteiger partial charge in [0.15, 0.2) is 0 Å². The Bertz CT molecular complexity index is 3910. The van der Waals surface area contributed by atoms with Crippen molar-refractivity contribution in [2.45, 2.75) is 178 Å². The molecule has 0 aliphatic carbocycles. The molecule has 5 nitrogen and oxygen atoms in total. The molecule has 0 amide bonds. The Morgan fingerprint density at radius 2 is 0.884 bits per heavy atom. The summed E-state index contributed by atoms with van der Waals surface area (Å²) in [6.45, 7) is 48.6. The van der Waals surface area contributed by atoms with E-state index in [0.717, 1.165) is 51.4 Å². The van der Waals surface area contributed by atoms with Crippen molar-refractivity contribution in [2.75, 3.05) is 15.5 Å². The number of hydrogen-bond acceptors (Lipinski definition) is 5. The van der Waals surface area contributed by atoms with Crippen molar-refractivity contribution in [3.63, 3.8) is 0 Å². The molecule has 86 heavy (non-hydrogen) atoms. The zero-order chi connectivity index (χ0) is 62.2. The molecule has 2 N–H and O–H groups in total. The van der Waals surface area contributed by atoms with Gasteiger partial charge in [0.2, 0.25) is 6.71 Å². The number of anilines is 7. The lowest BCUT2D eigenvalue weighted by molar-refractivity contribution is 0.483. The van der Waals surface area contributed by atoms with Gasteiger partial charge in [0.25, 0.3) is 0 Å². The normalized spacial score (nSPS) is 13.1. The zero-order valence-corrected chi connectivity index (χ0v) is 55.5. The summed E-state index contributed by atoms with van der Waals surface area (Å²) in [6.07, 6.45) is 1.95. The van der Waals surface area contributed by atoms with Crippen LogP contribution >= 0.6 is 0 Å². The predicted octanol–water partition coefficient (Wildman–Crippen LogP) is 20.7. The smallest absolute Gasteiger partial charge is 0.247 e. The van der Waals surface area contributed by atoms with E-state index in [2.05, 4.69) is 319 Å². The number of rotatable bonds is 10. The number of hydrogen-bond donors (Lipinski definition) is 2. The minimum Gasteiger partial charge on any atom is -0.457 e. The van der Waals surface area contributed by atoms with Gasteiger partial charge in [0, 0.05) is 46.5 Å². The fraction of sp³-hybridized carbons (Fsp3) is 0.338. The number of nitrogens with zero attached hydrogens (tertiary/aromatic N) is 2. The molecule has 0 radical (unpaired) electrons. The second-order valence-corrected chi connectivity index (χ2v) is 30.7. The van der Waals surface area contributed by atoms with Crippen LogP contribution in [-0.4, -0.2) is 11.7 Å². The van der Waals surface area contributed by atoms with Gasteiger partial charge in [0.05, 0.1) is 17.1 Å². The fourth-order valence-electron chi connectivity index (χ4n) is 12.6. The van der Waals surface area contributed by atoms with E-state index in [9.17, 15) is 0 Å². The summed E-state index contributed by atoms with van der Waals surface area (Å²) in [6, 6.07) is 60.9. The standard InChI is InChI=1S/C80H93BN4O/c1-50-41-51(2)73(52(3)42-50)81-66-29-22-25-32-70(66)85(72-47-55(39-40-82-72)77(10,11)12)71-49-59(35-38-67(71)81)86-58-28-26-27-57(48-58)83-68-30-23-24-31-69(68)84-74-62(60-43-53(75(4,5)6)33-36-64(60)79(16,17)18)45-56(78(13,14)15)46-63(74)61-44-54(76(7,8)9)34-37-65(61)80(19,20)21/h22-49,83-84H,1-21H3. The second-order valence-electron chi connectivity index (χ2n) is 30.7. The Labute approximate surface area is 517 Å². The minimum atomic E-state index is -0.150. The molecule has 0 atom stereocenters. The monoisotopic (exact) mass is 1140 g/mol. The van der Waals surface area contributed by atoms with Crippen molar-refractivity contribution >= 4 is 63.0 Å². The van der Waals surface area contributed by atoms with Crippen molar-refractivity contribution in [1.29, 1.82) is 0 Å². The Hall–Kier alpha value is -7.83. The molecule has 1 aliphatic rings. The molecule has 0 bridgehead atoms. The first-order chi connectivity index (χ1) is 40.1. The van der Waals surface area contributed by atoms with Crippen molar-refractivity contribution in [3.05, 3.63) is 220 Å². The van der Waals surface area contributed by atoms with Crippen LogP contribution in [0.15, 0.2) is 170 Å². The third kappa shape index (κ3) is 12.6. The highest BCUT2D eigenvalue weighted by molar-refractivity contribution is 6.98. The molecule has 6 heteroatoms. The van der Waals surface area contributed by atoms with Crippen LogP contribution in [0.4, 0.5) is 39.9 Å². The van der Waals surface area contributed by atoms with Gasteiger partial charge in [-0.3, -0.25) is 4.90 Å². The first kappa shape index (κ1) is 61.3. The van der Waals surface area contributed by atoms with Crippen LogP contribution in [0.25, 0.3) is 22.3 Å². The molecule has 0 fully saturated rings. The Kier molecular flexibility index (Phi) is 16.0. The SMILES string of the molecule is Cc1cc(C)c(B2c3ccccc3N(c3cc(C(C)(C)C)ccn3)c3cc(Oc4cccc(Nc5ccccc5Nc5c(-c6cc(C(C)(C)C)ccc6C(C)(C)C)cc(C(C)(C)C)cc5-c5cc(C(C)(C)C)ccc5C(C)(C)C)c4)ccc32)c(C)c1. The molecule has 2 heterocycles. The van der Waals surface area contributed by atoms with Crippen LogP contribution in [-0.2, 0) is 32.5 Å². The molecular formula is C80H93BN4O. The van der Waals surface area contributed by atoms with E-state index in [0.29, 0.717) is 0 Å². The molecule has 0 spiro atoms. The first-order valence-electron chi connectivity index (χ1n) is 31.1. The van der Waals surface area contributed by atoms with Crippen LogP contribution in [0.1, 0.15) is 175 Å². The van der Waals surface area contributed by atoms with E-state index in [1.807, 2.05) is 12.3 Å². The molecule has 10 rings (SSSR count). The number of aromatic nitrogens is 1. The largest absolute Gasteiger partial charge is 0.457 e. The zero-order valence-electron chi connectivity index (χ0n) is 55.5. The Balaban J connectivity index is 1.10. The number of nitrogens with one attached hydrogen (secondary N) is 2. The summed E-state index contributed by atoms with van der Waals surface area (Å²) in [5.74, 6) is 2.34. The molecule has 1 aromatic heterocycles. The van der Waals surface area contributed by atoms with Gasteiger partial charge in [-0.15, -0.1) is 0 Å². The van der Waals surface area contributed by atoms with Crippen molar-refractivity contribution in [3.8, 4) is 33.8 Å². The van der Waals surface area contributed by atoms with Crippen LogP contribution in [0.2, 0.25) is 0 Å². The Morgan fingerprint density at radius 3 is 1.43 bits per heavy atom. The van der Waals surface area contributed by atoms with Crippen LogP contribution in [0.5, 0.6) is 11.5 Å². The summed E-state index contributed by atoms with van der Waals surface area (Å²) in [5.41, 5.74) is 25.7. The maximum atomic E-state index is 7.01. The Morgan fingerprint density at radius 1 is 0.395 bits per heavy atom. The van der Waals surface area contributed by atoms with Crippen LogP contribution in [0, 0.1) is 20.8 Å². The predicted molar refractivity (Wildman–Crippen MR) is 373 cm³/mol. The quantitative estimate of drug-likeness (QED) is 0.134. The topological polar surface area (TPSA) is 49.4 Å². The third-order valence-electron chi connectivity index (χ3n) is 17.4. The van der Waals surface area contributed by atoms with E-state index >= 15 is 0 Å². The van der Waals surface area contributed by atoms with Gasteiger partial charge in [0.1, 0.15) is 17.3 Å². The van der Waals surface area contributed by atoms with Gasteiger partial charge in [-0.05, 0) is 169 Å². The summed E-state index contributed by atoms with van der Waals surface area (Å²) in [5, 5.41) is 8.11. The van der Waals surface area contributed by atoms with Gasteiger partial charge in [-0.25, -0.2) is 4.98 Å². The van der Waals surface area contributed by atoms with Crippen molar-refractivity contribution in [1.82, 2.24) is 4.98 Å². The molecular weight excluding hydrogens is 1040 g/mol. The third-order valence-corrected chi connectivity index (χ3v) is 17.4. The molecule has 0 saturated carbocycles. The van der Waals surface area contributed by atoms with Gasteiger partial charge >= 0.3 is 0 Å². The molecule has 442 valence electrons. The lowest BCUT2D eigenvalue weighted by atomic mass is 9.34. The number of ether oxygens (including phenoxy) is 1. The highest BCUT2D eigenvalue weighted by atomic mass is 16.5. The number of benzene rings is 8. The van der Waals surface area contributed by atoms with E-state index in [4.69, 9.17) is 9.72 Å². The first-order valence-corrected chi connectivity index (χ1v) is 31.1. The van der Waals surface area contributed by atoms with E-state index < -0.39 is 0 Å². The summed E-state index contributed by atoms with van der Waals surface area (Å²) < 4.78 is 7.01. The molecule has 0 saturated heterocycles. The number of pyridine rings is 1. The molecule has 1 aliphatic heterocycles. The number of fused-ring (bicyclic) bond motifs is 2. The van der Waals surface area contributed by atoms with Gasteiger partial charge < -0.3 is 15.4 Å². The molecule has 0 unspecified atom stereocenters. The van der Waals surface area contributed by atoms with Crippen LogP contribution in [0.3, 0.4) is 0 Å². The van der Waals surface area contributed by atoms with Crippen molar-refractivity contribution in [2.24, 2.45) is 0 Å². The number of para-hydroxylation sites is 3. The molecule has 9 aromatic rings. The highest BCUT2D eigenvalue weighted by Gasteiger charge is 2.38. The van der Waals surface area contributed by atoms with E-state index in [1.165, 1.54) is 88.7 Å². The maximum absolute atomic E-state index is 7.01. The van der Waals surface area contributed by atoms with Gasteiger partial charge in [-0.2, -0.15) is 0 Å². The second kappa shape index (κ2) is 22.5. The fourth-order valence-corrected chi connectivity index (χ4v) is 12.6. The average molecular weight is 1140 g/mol.